The molecule has 1 aromatic heterocycles. The van der Waals surface area contributed by atoms with E-state index in [0.29, 0.717) is 19.0 Å². The minimum absolute atomic E-state index is 0.0726. The van der Waals surface area contributed by atoms with E-state index in [-0.39, 0.29) is 10.6 Å². The third kappa shape index (κ3) is 4.44. The highest BCUT2D eigenvalue weighted by atomic mass is 35.5. The van der Waals surface area contributed by atoms with Gasteiger partial charge in [-0.2, -0.15) is 0 Å². The van der Waals surface area contributed by atoms with Crippen molar-refractivity contribution in [3.63, 3.8) is 0 Å². The SMILES string of the molecule is O=C(NCCN1CCN(c2ncccn2)CC1)c1cc(F)c(F)cc1Cl. The van der Waals surface area contributed by atoms with E-state index < -0.39 is 17.5 Å². The molecule has 0 saturated carbocycles. The van der Waals surface area contributed by atoms with Gasteiger partial charge >= 0.3 is 0 Å². The van der Waals surface area contributed by atoms with Crippen LogP contribution in [0.1, 0.15) is 10.4 Å². The van der Waals surface area contributed by atoms with E-state index in [2.05, 4.69) is 25.1 Å². The third-order valence-electron chi connectivity index (χ3n) is 4.18. The van der Waals surface area contributed by atoms with Gasteiger partial charge in [-0.15, -0.1) is 0 Å². The van der Waals surface area contributed by atoms with Gasteiger partial charge in [0, 0.05) is 51.7 Å². The number of carbonyl (C=O) groups is 1. The van der Waals surface area contributed by atoms with Gasteiger partial charge in [0.05, 0.1) is 10.6 Å². The molecule has 1 amide bonds. The van der Waals surface area contributed by atoms with Crippen LogP contribution >= 0.6 is 11.6 Å². The van der Waals surface area contributed by atoms with E-state index in [0.717, 1.165) is 38.3 Å². The lowest BCUT2D eigenvalue weighted by Crippen LogP contribution is -2.49. The Bertz CT molecular complexity index is 769. The fourth-order valence-corrected chi connectivity index (χ4v) is 2.98. The van der Waals surface area contributed by atoms with Crippen LogP contribution in [0.5, 0.6) is 0 Å². The van der Waals surface area contributed by atoms with Gasteiger partial charge in [0.25, 0.3) is 5.91 Å². The predicted molar refractivity (Wildman–Crippen MR) is 94.4 cm³/mol. The molecule has 26 heavy (non-hydrogen) atoms. The zero-order valence-corrected chi connectivity index (χ0v) is 14.7. The summed E-state index contributed by atoms with van der Waals surface area (Å²) in [6, 6.07) is 3.39. The Morgan fingerprint density at radius 1 is 1.12 bits per heavy atom. The largest absolute Gasteiger partial charge is 0.351 e. The van der Waals surface area contributed by atoms with Crippen LogP contribution in [0, 0.1) is 11.6 Å². The third-order valence-corrected chi connectivity index (χ3v) is 4.49. The highest BCUT2D eigenvalue weighted by Crippen LogP contribution is 2.19. The Balaban J connectivity index is 1.45. The fourth-order valence-electron chi connectivity index (χ4n) is 2.75. The summed E-state index contributed by atoms with van der Waals surface area (Å²) in [6.07, 6.45) is 3.43. The quantitative estimate of drug-likeness (QED) is 0.802. The van der Waals surface area contributed by atoms with Gasteiger partial charge in [-0.1, -0.05) is 11.6 Å². The molecule has 1 aromatic carbocycles. The number of halogens is 3. The Morgan fingerprint density at radius 2 is 1.77 bits per heavy atom. The number of aromatic nitrogens is 2. The number of hydrogen-bond acceptors (Lipinski definition) is 5. The standard InChI is InChI=1S/C17H18ClF2N5O/c18-13-11-15(20)14(19)10-12(13)16(26)21-4-5-24-6-8-25(9-7-24)17-22-2-1-3-23-17/h1-3,10-11H,4-9H2,(H,21,26). The molecule has 0 radical (unpaired) electrons. The Morgan fingerprint density at radius 3 is 2.46 bits per heavy atom. The minimum Gasteiger partial charge on any atom is -0.351 e. The van der Waals surface area contributed by atoms with Gasteiger partial charge in [-0.3, -0.25) is 9.69 Å². The first-order valence-electron chi connectivity index (χ1n) is 8.21. The molecule has 2 heterocycles. The number of rotatable bonds is 5. The number of carbonyl (C=O) groups excluding carboxylic acids is 1. The summed E-state index contributed by atoms with van der Waals surface area (Å²) in [5.74, 6) is -1.98. The normalized spacial score (nSPS) is 15.1. The molecular weight excluding hydrogens is 364 g/mol. The first kappa shape index (κ1) is 18.5. The number of piperazine rings is 1. The van der Waals surface area contributed by atoms with Crippen LogP contribution < -0.4 is 10.2 Å². The van der Waals surface area contributed by atoms with Gasteiger partial charge < -0.3 is 10.2 Å². The monoisotopic (exact) mass is 381 g/mol. The molecule has 0 bridgehead atoms. The van der Waals surface area contributed by atoms with Crippen LogP contribution in [-0.2, 0) is 0 Å². The van der Waals surface area contributed by atoms with Gasteiger partial charge in [-0.05, 0) is 18.2 Å². The molecule has 0 aliphatic carbocycles. The molecule has 1 N–H and O–H groups in total. The summed E-state index contributed by atoms with van der Waals surface area (Å²) in [5, 5.41) is 2.57. The van der Waals surface area contributed by atoms with Crippen LogP contribution in [0.2, 0.25) is 5.02 Å². The van der Waals surface area contributed by atoms with Crippen LogP contribution in [0.4, 0.5) is 14.7 Å². The molecule has 138 valence electrons. The summed E-state index contributed by atoms with van der Waals surface area (Å²) in [7, 11) is 0. The summed E-state index contributed by atoms with van der Waals surface area (Å²) >= 11 is 5.80. The zero-order chi connectivity index (χ0) is 18.5. The number of nitrogens with zero attached hydrogens (tertiary/aromatic N) is 4. The van der Waals surface area contributed by atoms with Crippen LogP contribution in [-0.4, -0.2) is 60.0 Å². The Hall–Kier alpha value is -2.32. The molecular formula is C17H18ClF2N5O. The lowest BCUT2D eigenvalue weighted by molar-refractivity contribution is 0.0947. The average Bonchev–Trinajstić information content (AvgIpc) is 2.66. The lowest BCUT2D eigenvalue weighted by Gasteiger charge is -2.34. The van der Waals surface area contributed by atoms with Crippen molar-refractivity contribution in [1.82, 2.24) is 20.2 Å². The van der Waals surface area contributed by atoms with Crippen molar-refractivity contribution in [3.8, 4) is 0 Å². The summed E-state index contributed by atoms with van der Waals surface area (Å²) in [5.41, 5.74) is -0.0726. The molecule has 1 aliphatic heterocycles. The van der Waals surface area contributed by atoms with Gasteiger partial charge in [0.2, 0.25) is 5.95 Å². The smallest absolute Gasteiger partial charge is 0.252 e. The van der Waals surface area contributed by atoms with Crippen molar-refractivity contribution in [3.05, 3.63) is 52.8 Å². The number of hydrogen-bond donors (Lipinski definition) is 1. The molecule has 1 saturated heterocycles. The van der Waals surface area contributed by atoms with E-state index in [9.17, 15) is 13.6 Å². The second-order valence-corrected chi connectivity index (χ2v) is 6.29. The van der Waals surface area contributed by atoms with Crippen LogP contribution in [0.15, 0.2) is 30.6 Å². The second-order valence-electron chi connectivity index (χ2n) is 5.88. The van der Waals surface area contributed by atoms with E-state index in [1.165, 1.54) is 0 Å². The van der Waals surface area contributed by atoms with Crippen molar-refractivity contribution >= 4 is 23.5 Å². The number of benzene rings is 1. The Labute approximate surface area is 154 Å². The van der Waals surface area contributed by atoms with Crippen molar-refractivity contribution < 1.29 is 13.6 Å². The highest BCUT2D eigenvalue weighted by Gasteiger charge is 2.19. The van der Waals surface area contributed by atoms with Gasteiger partial charge in [0.1, 0.15) is 0 Å². The zero-order valence-electron chi connectivity index (χ0n) is 14.0. The predicted octanol–water partition coefficient (Wildman–Crippen LogP) is 1.96. The summed E-state index contributed by atoms with van der Waals surface area (Å²) < 4.78 is 26.3. The molecule has 3 rings (SSSR count). The van der Waals surface area contributed by atoms with Crippen molar-refractivity contribution in [2.24, 2.45) is 0 Å². The molecule has 0 spiro atoms. The second kappa shape index (κ2) is 8.37. The average molecular weight is 382 g/mol. The number of anilines is 1. The molecule has 6 nitrogen and oxygen atoms in total. The first-order chi connectivity index (χ1) is 12.5. The van der Waals surface area contributed by atoms with E-state index in [1.807, 2.05) is 0 Å². The molecule has 0 unspecified atom stereocenters. The number of nitrogens with one attached hydrogen (secondary N) is 1. The maximum Gasteiger partial charge on any atom is 0.252 e. The molecule has 0 atom stereocenters. The van der Waals surface area contributed by atoms with Crippen LogP contribution in [0.25, 0.3) is 0 Å². The maximum absolute atomic E-state index is 13.3. The summed E-state index contributed by atoms with van der Waals surface area (Å²) in [6.45, 7) is 4.27. The Kier molecular flexibility index (Phi) is 5.95. The van der Waals surface area contributed by atoms with Crippen molar-refractivity contribution in [2.45, 2.75) is 0 Å². The first-order valence-corrected chi connectivity index (χ1v) is 8.59. The lowest BCUT2D eigenvalue weighted by atomic mass is 10.2. The molecule has 9 heteroatoms. The van der Waals surface area contributed by atoms with Crippen molar-refractivity contribution in [1.29, 1.82) is 0 Å². The number of amides is 1. The van der Waals surface area contributed by atoms with Crippen LogP contribution in [0.3, 0.4) is 0 Å². The summed E-state index contributed by atoms with van der Waals surface area (Å²) in [4.78, 5) is 24.9. The molecule has 1 fully saturated rings. The van der Waals surface area contributed by atoms with E-state index in [4.69, 9.17) is 11.6 Å². The fraction of sp³-hybridized carbons (Fsp3) is 0.353. The van der Waals surface area contributed by atoms with Crippen molar-refractivity contribution in [2.75, 3.05) is 44.2 Å². The van der Waals surface area contributed by atoms with Gasteiger partial charge in [0.15, 0.2) is 11.6 Å². The topological polar surface area (TPSA) is 61.4 Å². The maximum atomic E-state index is 13.3. The van der Waals surface area contributed by atoms with E-state index >= 15 is 0 Å². The van der Waals surface area contributed by atoms with E-state index in [1.54, 1.807) is 18.5 Å². The highest BCUT2D eigenvalue weighted by molar-refractivity contribution is 6.33. The minimum atomic E-state index is -1.10. The molecule has 2 aromatic rings. The van der Waals surface area contributed by atoms with Gasteiger partial charge in [-0.25, -0.2) is 18.7 Å². The molecule has 1 aliphatic rings.